The fourth-order valence-corrected chi connectivity index (χ4v) is 15.2. The van der Waals surface area contributed by atoms with Crippen LogP contribution in [0.5, 0.6) is 0 Å². The van der Waals surface area contributed by atoms with Crippen molar-refractivity contribution in [3.63, 3.8) is 0 Å². The van der Waals surface area contributed by atoms with Gasteiger partial charge < -0.3 is 12.3 Å². The summed E-state index contributed by atoms with van der Waals surface area (Å²) in [6.07, 6.45) is 0. The van der Waals surface area contributed by atoms with E-state index in [0.717, 1.165) is 12.1 Å². The second-order valence-electron chi connectivity index (χ2n) is 3.88. The van der Waals surface area contributed by atoms with E-state index in [1.54, 1.807) is 0 Å². The molecular weight excluding hydrogens is 216 g/mol. The topological polar surface area (TPSA) is 27.7 Å². The molecule has 6 heteroatoms. The smallest absolute Gasteiger partial charge is 0.316 e. The van der Waals surface area contributed by atoms with Crippen LogP contribution in [0, 0.1) is 0 Å². The van der Waals surface area contributed by atoms with Crippen molar-refractivity contribution in [2.24, 2.45) is 0 Å². The fraction of sp³-hybridized carbons (Fsp3) is 1.00. The lowest BCUT2D eigenvalue weighted by Gasteiger charge is -2.44. The first-order valence-corrected chi connectivity index (χ1v) is 12.1. The molecular formula is C7H20O3Si3. The van der Waals surface area contributed by atoms with Gasteiger partial charge in [-0.2, -0.15) is 0 Å². The lowest BCUT2D eigenvalue weighted by Crippen LogP contribution is -2.61. The first-order chi connectivity index (χ1) is 5.93. The molecule has 0 radical (unpaired) electrons. The third-order valence-electron chi connectivity index (χ3n) is 2.55. The molecule has 1 saturated heterocycles. The molecule has 1 heterocycles. The maximum atomic E-state index is 6.10. The van der Waals surface area contributed by atoms with Crippen LogP contribution in [0.15, 0.2) is 0 Å². The summed E-state index contributed by atoms with van der Waals surface area (Å²) in [6.45, 7) is 10.8. The lowest BCUT2D eigenvalue weighted by atomic mass is 11.0. The molecule has 0 aromatic carbocycles. The van der Waals surface area contributed by atoms with Crippen LogP contribution in [-0.4, -0.2) is 26.4 Å². The summed E-state index contributed by atoms with van der Waals surface area (Å²) < 4.78 is 17.9. The Hall–Kier alpha value is 0.531. The van der Waals surface area contributed by atoms with E-state index < -0.39 is 26.4 Å². The van der Waals surface area contributed by atoms with Crippen molar-refractivity contribution in [3.8, 4) is 0 Å². The molecule has 2 unspecified atom stereocenters. The molecule has 0 bridgehead atoms. The van der Waals surface area contributed by atoms with Crippen LogP contribution in [0.25, 0.3) is 0 Å². The molecule has 1 fully saturated rings. The highest BCUT2D eigenvalue weighted by atomic mass is 28.5. The van der Waals surface area contributed by atoms with Crippen molar-refractivity contribution in [1.82, 2.24) is 0 Å². The van der Waals surface area contributed by atoms with Crippen molar-refractivity contribution in [2.75, 3.05) is 0 Å². The predicted molar refractivity (Wildman–Crippen MR) is 60.5 cm³/mol. The van der Waals surface area contributed by atoms with Crippen molar-refractivity contribution in [2.45, 2.75) is 45.6 Å². The van der Waals surface area contributed by atoms with Crippen LogP contribution >= 0.6 is 0 Å². The van der Waals surface area contributed by atoms with Crippen LogP contribution < -0.4 is 0 Å². The Kier molecular flexibility index (Phi) is 3.53. The zero-order valence-corrected chi connectivity index (χ0v) is 12.4. The molecule has 0 saturated carbocycles. The van der Waals surface area contributed by atoms with Gasteiger partial charge in [-0.05, 0) is 31.7 Å². The van der Waals surface area contributed by atoms with E-state index >= 15 is 0 Å². The van der Waals surface area contributed by atoms with Crippen molar-refractivity contribution < 1.29 is 12.3 Å². The van der Waals surface area contributed by atoms with Crippen molar-refractivity contribution in [3.05, 3.63) is 0 Å². The number of hydrogen-bond acceptors (Lipinski definition) is 3. The summed E-state index contributed by atoms with van der Waals surface area (Å²) in [5.74, 6) is 0. The van der Waals surface area contributed by atoms with Gasteiger partial charge in [0.25, 0.3) is 0 Å². The Bertz CT molecular complexity index is 174. The maximum absolute atomic E-state index is 6.10. The number of hydrogen-bond donors (Lipinski definition) is 0. The SMILES string of the molecule is CC[Si]1(C)O[SiH](C)O[Si](C)(CC)O1. The van der Waals surface area contributed by atoms with Gasteiger partial charge >= 0.3 is 26.4 Å². The van der Waals surface area contributed by atoms with E-state index in [2.05, 4.69) is 33.5 Å². The van der Waals surface area contributed by atoms with Crippen LogP contribution in [0.3, 0.4) is 0 Å². The predicted octanol–water partition coefficient (Wildman–Crippen LogP) is 2.08. The largest absolute Gasteiger partial charge is 0.418 e. The average Bonchev–Trinajstić information content (AvgIpc) is 2.02. The van der Waals surface area contributed by atoms with Gasteiger partial charge in [0.15, 0.2) is 0 Å². The molecule has 13 heavy (non-hydrogen) atoms. The highest BCUT2D eigenvalue weighted by Crippen LogP contribution is 2.29. The lowest BCUT2D eigenvalue weighted by molar-refractivity contribution is 0.246. The summed E-state index contributed by atoms with van der Waals surface area (Å²) in [5.41, 5.74) is 0. The molecule has 2 atom stereocenters. The minimum absolute atomic E-state index is 1.04. The second-order valence-corrected chi connectivity index (χ2v) is 13.7. The molecule has 0 aromatic rings. The Balaban J connectivity index is 2.73. The Morgan fingerprint density at radius 1 is 1.00 bits per heavy atom. The molecule has 1 aliphatic rings. The third-order valence-corrected chi connectivity index (χ3v) is 15.2. The van der Waals surface area contributed by atoms with Gasteiger partial charge in [0.2, 0.25) is 0 Å². The minimum atomic E-state index is -1.83. The molecule has 3 nitrogen and oxygen atoms in total. The maximum Gasteiger partial charge on any atom is 0.316 e. The van der Waals surface area contributed by atoms with E-state index in [1.807, 2.05) is 0 Å². The number of rotatable bonds is 2. The van der Waals surface area contributed by atoms with Crippen LogP contribution in [0.4, 0.5) is 0 Å². The van der Waals surface area contributed by atoms with Gasteiger partial charge in [-0.25, -0.2) is 0 Å². The van der Waals surface area contributed by atoms with Gasteiger partial charge in [0.1, 0.15) is 0 Å². The zero-order chi connectivity index (χ0) is 10.1. The molecule has 1 rings (SSSR count). The van der Waals surface area contributed by atoms with E-state index in [1.165, 1.54) is 0 Å². The molecule has 1 aliphatic heterocycles. The minimum Gasteiger partial charge on any atom is -0.418 e. The van der Waals surface area contributed by atoms with E-state index in [-0.39, 0.29) is 0 Å². The third kappa shape index (κ3) is 2.74. The van der Waals surface area contributed by atoms with Gasteiger partial charge in [0.05, 0.1) is 0 Å². The van der Waals surface area contributed by atoms with Gasteiger partial charge in [-0.1, -0.05) is 13.8 Å². The van der Waals surface area contributed by atoms with Crippen LogP contribution in [0.2, 0.25) is 31.7 Å². The monoisotopic (exact) mass is 236 g/mol. The van der Waals surface area contributed by atoms with Gasteiger partial charge in [0, 0.05) is 0 Å². The molecule has 78 valence electrons. The normalized spacial score (nSPS) is 46.4. The summed E-state index contributed by atoms with van der Waals surface area (Å²) in [5, 5.41) is 0. The quantitative estimate of drug-likeness (QED) is 0.687. The van der Waals surface area contributed by atoms with E-state index in [9.17, 15) is 0 Å². The standard InChI is InChI=1S/C7H20O3Si3/c1-6-12(4)8-11(3)9-13(5,7-2)10-12/h11H,6-7H2,1-5H3. The highest BCUT2D eigenvalue weighted by molar-refractivity contribution is 6.88. The summed E-state index contributed by atoms with van der Waals surface area (Å²) in [6, 6.07) is 2.08. The molecule has 0 amide bonds. The van der Waals surface area contributed by atoms with Gasteiger partial charge in [-0.3, -0.25) is 0 Å². The Morgan fingerprint density at radius 2 is 1.38 bits per heavy atom. The zero-order valence-electron chi connectivity index (χ0n) is 9.22. The highest BCUT2D eigenvalue weighted by Gasteiger charge is 2.47. The van der Waals surface area contributed by atoms with Crippen molar-refractivity contribution >= 4 is 26.4 Å². The molecule has 0 aromatic heterocycles. The second kappa shape index (κ2) is 3.95. The fourth-order valence-electron chi connectivity index (χ4n) is 1.54. The van der Waals surface area contributed by atoms with Crippen LogP contribution in [-0.2, 0) is 12.3 Å². The Labute approximate surface area is 84.7 Å². The van der Waals surface area contributed by atoms with Crippen LogP contribution in [0.1, 0.15) is 13.8 Å². The van der Waals surface area contributed by atoms with E-state index in [0.29, 0.717) is 0 Å². The van der Waals surface area contributed by atoms with E-state index in [4.69, 9.17) is 12.3 Å². The van der Waals surface area contributed by atoms with Crippen molar-refractivity contribution in [1.29, 1.82) is 0 Å². The molecule has 0 spiro atoms. The summed E-state index contributed by atoms with van der Waals surface area (Å²) in [7, 11) is -5.04. The Morgan fingerprint density at radius 3 is 1.69 bits per heavy atom. The molecule has 0 aliphatic carbocycles. The first-order valence-electron chi connectivity index (χ1n) is 4.99. The average molecular weight is 236 g/mol. The van der Waals surface area contributed by atoms with Gasteiger partial charge in [-0.15, -0.1) is 0 Å². The first kappa shape index (κ1) is 11.6. The summed E-state index contributed by atoms with van der Waals surface area (Å²) >= 11 is 0. The molecule has 0 N–H and O–H groups in total. The summed E-state index contributed by atoms with van der Waals surface area (Å²) in [4.78, 5) is 0.